The highest BCUT2D eigenvalue weighted by atomic mass is 35.5. The van der Waals surface area contributed by atoms with Gasteiger partial charge in [0.05, 0.1) is 5.02 Å². The van der Waals surface area contributed by atoms with Crippen molar-refractivity contribution in [1.82, 2.24) is 15.5 Å². The first-order valence-electron chi connectivity index (χ1n) is 7.05. The molecule has 2 heterocycles. The molecule has 120 valence electrons. The van der Waals surface area contributed by atoms with Crippen LogP contribution in [0.5, 0.6) is 11.5 Å². The summed E-state index contributed by atoms with van der Waals surface area (Å²) in [4.78, 5) is 22.8. The fourth-order valence-electron chi connectivity index (χ4n) is 2.19. The molecule has 1 aromatic carbocycles. The van der Waals surface area contributed by atoms with Gasteiger partial charge in [-0.05, 0) is 30.2 Å². The van der Waals surface area contributed by atoms with E-state index < -0.39 is 0 Å². The zero-order chi connectivity index (χ0) is 16.2. The largest absolute Gasteiger partial charge is 0.486 e. The quantitative estimate of drug-likeness (QED) is 0.874. The highest BCUT2D eigenvalue weighted by Crippen LogP contribution is 2.38. The SMILES string of the molecule is O=C(NCCc1cc(Cl)c2c(c1)OCCO2)c1ccc(=O)[nH]n1. The summed E-state index contributed by atoms with van der Waals surface area (Å²) in [5.41, 5.74) is 0.728. The molecule has 2 N–H and O–H groups in total. The van der Waals surface area contributed by atoms with Crippen molar-refractivity contribution in [3.8, 4) is 11.5 Å². The van der Waals surface area contributed by atoms with Gasteiger partial charge < -0.3 is 14.8 Å². The summed E-state index contributed by atoms with van der Waals surface area (Å²) in [6.45, 7) is 1.37. The molecule has 1 aliphatic rings. The first-order chi connectivity index (χ1) is 11.1. The number of hydrogen-bond donors (Lipinski definition) is 2. The van der Waals surface area contributed by atoms with E-state index in [0.717, 1.165) is 5.56 Å². The number of ether oxygens (including phenoxy) is 2. The minimum atomic E-state index is -0.357. The molecule has 0 aliphatic carbocycles. The first-order valence-corrected chi connectivity index (χ1v) is 7.43. The monoisotopic (exact) mass is 335 g/mol. The lowest BCUT2D eigenvalue weighted by atomic mass is 10.1. The minimum Gasteiger partial charge on any atom is -0.486 e. The van der Waals surface area contributed by atoms with Crippen molar-refractivity contribution in [2.24, 2.45) is 0 Å². The van der Waals surface area contributed by atoms with Crippen LogP contribution < -0.4 is 20.3 Å². The predicted octanol–water partition coefficient (Wildman–Crippen LogP) is 1.17. The van der Waals surface area contributed by atoms with Crippen LogP contribution in [0.25, 0.3) is 0 Å². The maximum Gasteiger partial charge on any atom is 0.271 e. The Hall–Kier alpha value is -2.54. The maximum atomic E-state index is 11.9. The van der Waals surface area contributed by atoms with Crippen LogP contribution in [0.3, 0.4) is 0 Å². The van der Waals surface area contributed by atoms with E-state index in [9.17, 15) is 9.59 Å². The van der Waals surface area contributed by atoms with E-state index in [1.54, 1.807) is 6.07 Å². The first kappa shape index (κ1) is 15.4. The number of carbonyl (C=O) groups excluding carboxylic acids is 1. The minimum absolute atomic E-state index is 0.157. The van der Waals surface area contributed by atoms with Crippen molar-refractivity contribution in [1.29, 1.82) is 0 Å². The van der Waals surface area contributed by atoms with Crippen molar-refractivity contribution >= 4 is 17.5 Å². The molecule has 0 unspecified atom stereocenters. The van der Waals surface area contributed by atoms with E-state index >= 15 is 0 Å². The molecule has 3 rings (SSSR count). The highest BCUT2D eigenvalue weighted by molar-refractivity contribution is 6.32. The Morgan fingerprint density at radius 3 is 2.91 bits per heavy atom. The fourth-order valence-corrected chi connectivity index (χ4v) is 2.48. The molecule has 1 aliphatic heterocycles. The number of benzene rings is 1. The van der Waals surface area contributed by atoms with Crippen LogP contribution in [-0.2, 0) is 6.42 Å². The van der Waals surface area contributed by atoms with Crippen LogP contribution in [0.1, 0.15) is 16.1 Å². The zero-order valence-corrected chi connectivity index (χ0v) is 12.9. The number of rotatable bonds is 4. The molecular formula is C15H14ClN3O4. The summed E-state index contributed by atoms with van der Waals surface area (Å²) in [5.74, 6) is 0.820. The van der Waals surface area contributed by atoms with Gasteiger partial charge in [-0.3, -0.25) is 9.59 Å². The van der Waals surface area contributed by atoms with Gasteiger partial charge in [0.25, 0.3) is 11.5 Å². The van der Waals surface area contributed by atoms with Gasteiger partial charge in [0.1, 0.15) is 18.9 Å². The Morgan fingerprint density at radius 1 is 1.30 bits per heavy atom. The van der Waals surface area contributed by atoms with Crippen LogP contribution in [0.15, 0.2) is 29.1 Å². The number of hydrogen-bond acceptors (Lipinski definition) is 5. The second-order valence-corrected chi connectivity index (χ2v) is 5.32. The number of nitrogens with one attached hydrogen (secondary N) is 2. The number of nitrogens with zero attached hydrogens (tertiary/aromatic N) is 1. The lowest BCUT2D eigenvalue weighted by Crippen LogP contribution is -2.27. The zero-order valence-electron chi connectivity index (χ0n) is 12.1. The average molecular weight is 336 g/mol. The smallest absolute Gasteiger partial charge is 0.271 e. The molecule has 1 amide bonds. The molecule has 0 saturated carbocycles. The molecule has 7 nitrogen and oxygen atoms in total. The van der Waals surface area contributed by atoms with Crippen molar-refractivity contribution in [3.05, 3.63) is 50.9 Å². The molecule has 0 bridgehead atoms. The van der Waals surface area contributed by atoms with Crippen LogP contribution in [-0.4, -0.2) is 35.9 Å². The summed E-state index contributed by atoms with van der Waals surface area (Å²) in [7, 11) is 0. The summed E-state index contributed by atoms with van der Waals surface area (Å²) >= 11 is 6.16. The third-order valence-electron chi connectivity index (χ3n) is 3.27. The van der Waals surface area contributed by atoms with E-state index in [0.29, 0.717) is 42.7 Å². The molecule has 0 spiro atoms. The molecule has 0 fully saturated rings. The van der Waals surface area contributed by atoms with Gasteiger partial charge in [0, 0.05) is 12.6 Å². The van der Waals surface area contributed by atoms with Gasteiger partial charge in [-0.2, -0.15) is 5.10 Å². The third-order valence-corrected chi connectivity index (χ3v) is 3.55. The van der Waals surface area contributed by atoms with Crippen molar-refractivity contribution in [3.63, 3.8) is 0 Å². The van der Waals surface area contributed by atoms with Crippen molar-refractivity contribution < 1.29 is 14.3 Å². The van der Waals surface area contributed by atoms with Crippen LogP contribution >= 0.6 is 11.6 Å². The van der Waals surface area contributed by atoms with Crippen molar-refractivity contribution in [2.45, 2.75) is 6.42 Å². The summed E-state index contributed by atoms with van der Waals surface area (Å²) in [6, 6.07) is 6.27. The second-order valence-electron chi connectivity index (χ2n) is 4.91. The molecule has 0 radical (unpaired) electrons. The lowest BCUT2D eigenvalue weighted by molar-refractivity contribution is 0.0948. The lowest BCUT2D eigenvalue weighted by Gasteiger charge is -2.20. The van der Waals surface area contributed by atoms with Gasteiger partial charge in [0.15, 0.2) is 11.5 Å². The van der Waals surface area contributed by atoms with E-state index in [1.165, 1.54) is 12.1 Å². The molecular weight excluding hydrogens is 322 g/mol. The Morgan fingerprint density at radius 2 is 2.13 bits per heavy atom. The predicted molar refractivity (Wildman–Crippen MR) is 83.3 cm³/mol. The van der Waals surface area contributed by atoms with E-state index in [1.807, 2.05) is 6.07 Å². The number of carbonyl (C=O) groups is 1. The van der Waals surface area contributed by atoms with E-state index in [2.05, 4.69) is 15.5 Å². The number of amides is 1. The topological polar surface area (TPSA) is 93.3 Å². The number of aromatic nitrogens is 2. The van der Waals surface area contributed by atoms with Gasteiger partial charge in [0.2, 0.25) is 0 Å². The summed E-state index contributed by atoms with van der Waals surface area (Å²) in [5, 5.41) is 9.10. The van der Waals surface area contributed by atoms with Gasteiger partial charge in [-0.15, -0.1) is 0 Å². The Bertz CT molecular complexity index is 770. The number of fused-ring (bicyclic) bond motifs is 1. The van der Waals surface area contributed by atoms with Gasteiger partial charge in [-0.1, -0.05) is 11.6 Å². The fraction of sp³-hybridized carbons (Fsp3) is 0.267. The summed E-state index contributed by atoms with van der Waals surface area (Å²) < 4.78 is 11.0. The number of halogens is 1. The van der Waals surface area contributed by atoms with Crippen LogP contribution in [0, 0.1) is 0 Å². The average Bonchev–Trinajstić information content (AvgIpc) is 2.55. The third kappa shape index (κ3) is 3.62. The normalized spacial score (nSPS) is 12.7. The Balaban J connectivity index is 1.60. The standard InChI is InChI=1S/C15H14ClN3O4/c16-10-7-9(8-12-14(10)23-6-5-22-12)3-4-17-15(21)11-1-2-13(20)19-18-11/h1-2,7-8H,3-6H2,(H,17,21)(H,19,20). The Labute approximate surface area is 136 Å². The van der Waals surface area contributed by atoms with Gasteiger partial charge >= 0.3 is 0 Å². The second kappa shape index (κ2) is 6.70. The molecule has 2 aromatic rings. The van der Waals surface area contributed by atoms with Crippen molar-refractivity contribution in [2.75, 3.05) is 19.8 Å². The highest BCUT2D eigenvalue weighted by Gasteiger charge is 2.16. The molecule has 8 heteroatoms. The molecule has 0 saturated heterocycles. The maximum absolute atomic E-state index is 11.9. The Kier molecular flexibility index (Phi) is 4.47. The van der Waals surface area contributed by atoms with Crippen LogP contribution in [0.4, 0.5) is 0 Å². The van der Waals surface area contributed by atoms with Gasteiger partial charge in [-0.25, -0.2) is 5.10 Å². The van der Waals surface area contributed by atoms with E-state index in [4.69, 9.17) is 21.1 Å². The summed E-state index contributed by atoms with van der Waals surface area (Å²) in [6.07, 6.45) is 0.575. The van der Waals surface area contributed by atoms with Crippen LogP contribution in [0.2, 0.25) is 5.02 Å². The number of H-pyrrole nitrogens is 1. The molecule has 1 aromatic heterocycles. The number of aromatic amines is 1. The van der Waals surface area contributed by atoms with E-state index in [-0.39, 0.29) is 17.2 Å². The molecule has 23 heavy (non-hydrogen) atoms. The molecule has 0 atom stereocenters.